The third-order valence-corrected chi connectivity index (χ3v) is 4.84. The Morgan fingerprint density at radius 3 is 2.76 bits per heavy atom. The molecule has 25 heavy (non-hydrogen) atoms. The minimum absolute atomic E-state index is 0.179. The number of amides is 1. The Morgan fingerprint density at radius 1 is 1.28 bits per heavy atom. The number of ether oxygens (including phenoxy) is 3. The van der Waals surface area contributed by atoms with E-state index >= 15 is 0 Å². The highest BCUT2D eigenvalue weighted by atomic mass is 127. The van der Waals surface area contributed by atoms with Crippen molar-refractivity contribution in [1.82, 2.24) is 4.90 Å². The first kappa shape index (κ1) is 19.7. The molecule has 0 bridgehead atoms. The fourth-order valence-corrected chi connectivity index (χ4v) is 3.28. The monoisotopic (exact) mass is 459 g/mol. The highest BCUT2D eigenvalue weighted by molar-refractivity contribution is 14.1. The second kappa shape index (κ2) is 10.4. The van der Waals surface area contributed by atoms with Crippen molar-refractivity contribution in [2.24, 2.45) is 0 Å². The smallest absolute Gasteiger partial charge is 0.412 e. The van der Waals surface area contributed by atoms with Crippen LogP contribution in [0.2, 0.25) is 0 Å². The normalized spacial score (nSPS) is 20.0. The topological polar surface area (TPSA) is 65.1 Å². The number of hydrogen-bond acceptors (Lipinski definition) is 5. The summed E-state index contributed by atoms with van der Waals surface area (Å²) in [6, 6.07) is 9.54. The molecular weight excluding hydrogens is 437 g/mol. The summed E-state index contributed by atoms with van der Waals surface area (Å²) in [6.45, 7) is 3.14. The zero-order valence-electron chi connectivity index (χ0n) is 14.1. The van der Waals surface area contributed by atoms with E-state index in [1.807, 2.05) is 30.3 Å². The van der Waals surface area contributed by atoms with Gasteiger partial charge in [0.2, 0.25) is 0 Å². The zero-order valence-corrected chi connectivity index (χ0v) is 16.3. The van der Waals surface area contributed by atoms with Crippen molar-refractivity contribution >= 4 is 34.7 Å². The molecular formula is C18H22INO5. The molecule has 0 radical (unpaired) electrons. The highest BCUT2D eigenvalue weighted by Gasteiger charge is 2.37. The van der Waals surface area contributed by atoms with Crippen LogP contribution in [0.15, 0.2) is 42.5 Å². The van der Waals surface area contributed by atoms with Crippen molar-refractivity contribution in [2.75, 3.05) is 19.8 Å². The fraction of sp³-hybridized carbons (Fsp3) is 0.444. The van der Waals surface area contributed by atoms with Crippen LogP contribution in [0.5, 0.6) is 0 Å². The van der Waals surface area contributed by atoms with Crippen LogP contribution >= 0.6 is 22.6 Å². The van der Waals surface area contributed by atoms with Gasteiger partial charge >= 0.3 is 12.1 Å². The fourth-order valence-electron chi connectivity index (χ4n) is 2.41. The molecule has 1 fully saturated rings. The van der Waals surface area contributed by atoms with Crippen LogP contribution in [-0.2, 0) is 25.6 Å². The molecule has 7 heteroatoms. The maximum atomic E-state index is 12.3. The molecule has 1 saturated heterocycles. The van der Waals surface area contributed by atoms with Crippen molar-refractivity contribution in [1.29, 1.82) is 0 Å². The molecule has 0 N–H and O–H groups in total. The number of halogens is 1. The van der Waals surface area contributed by atoms with E-state index in [0.29, 0.717) is 13.2 Å². The Morgan fingerprint density at radius 2 is 2.04 bits per heavy atom. The van der Waals surface area contributed by atoms with Gasteiger partial charge in [-0.25, -0.2) is 9.59 Å². The molecule has 1 aromatic rings. The summed E-state index contributed by atoms with van der Waals surface area (Å²) >= 11 is 2.27. The molecule has 6 nitrogen and oxygen atoms in total. The quantitative estimate of drug-likeness (QED) is 0.271. The minimum Gasteiger partial charge on any atom is -0.463 e. The molecule has 2 rings (SSSR count). The summed E-state index contributed by atoms with van der Waals surface area (Å²) in [5, 5.41) is 0. The number of carbonyl (C=O) groups excluding carboxylic acids is 2. The summed E-state index contributed by atoms with van der Waals surface area (Å²) in [5.41, 5.74) is 0.941. The number of likely N-dealkylation sites (tertiary alicyclic amines) is 1. The van der Waals surface area contributed by atoms with Gasteiger partial charge < -0.3 is 14.2 Å². The molecule has 2 atom stereocenters. The predicted octanol–water partition coefficient (Wildman–Crippen LogP) is 3.29. The van der Waals surface area contributed by atoms with E-state index in [1.54, 1.807) is 17.9 Å². The average Bonchev–Trinajstić information content (AvgIpc) is 2.98. The predicted molar refractivity (Wildman–Crippen MR) is 101 cm³/mol. The second-order valence-corrected chi connectivity index (χ2v) is 7.02. The van der Waals surface area contributed by atoms with Crippen LogP contribution in [0.1, 0.15) is 18.9 Å². The zero-order chi connectivity index (χ0) is 18.1. The lowest BCUT2D eigenvalue weighted by Gasteiger charge is -2.25. The SMILES string of the molecule is CCOC(=O)/C=C/CO[C@H]1[C@H](I)CCN1C(=O)OCc1ccccc1. The third kappa shape index (κ3) is 6.32. The van der Waals surface area contributed by atoms with Gasteiger partial charge in [-0.3, -0.25) is 4.90 Å². The Bertz CT molecular complexity index is 592. The van der Waals surface area contributed by atoms with Gasteiger partial charge in [0.25, 0.3) is 0 Å². The van der Waals surface area contributed by atoms with Crippen LogP contribution in [-0.4, -0.2) is 46.9 Å². The lowest BCUT2D eigenvalue weighted by Crippen LogP contribution is -2.40. The average molecular weight is 459 g/mol. The number of esters is 1. The Kier molecular flexibility index (Phi) is 8.20. The minimum atomic E-state index is -0.400. The lowest BCUT2D eigenvalue weighted by atomic mass is 10.2. The van der Waals surface area contributed by atoms with Crippen LogP contribution in [0.25, 0.3) is 0 Å². The molecule has 0 unspecified atom stereocenters. The second-order valence-electron chi connectivity index (χ2n) is 5.42. The number of alkyl halides is 1. The van der Waals surface area contributed by atoms with E-state index in [2.05, 4.69) is 22.6 Å². The first-order valence-electron chi connectivity index (χ1n) is 8.18. The standard InChI is InChI=1S/C18H22INO5/c1-2-23-16(21)9-6-12-24-17-15(19)10-11-20(17)18(22)25-13-14-7-4-3-5-8-14/h3-9,15,17H,2,10-13H2,1H3/b9-6+/t15-,17+/m1/s1. The van der Waals surface area contributed by atoms with Gasteiger partial charge in [-0.1, -0.05) is 59.0 Å². The number of nitrogens with zero attached hydrogens (tertiary/aromatic N) is 1. The Balaban J connectivity index is 1.82. The van der Waals surface area contributed by atoms with E-state index in [4.69, 9.17) is 14.2 Å². The summed E-state index contributed by atoms with van der Waals surface area (Å²) in [5.74, 6) is -0.400. The molecule has 1 heterocycles. The molecule has 0 spiro atoms. The van der Waals surface area contributed by atoms with E-state index < -0.39 is 5.97 Å². The molecule has 136 valence electrons. The lowest BCUT2D eigenvalue weighted by molar-refractivity contribution is -0.137. The van der Waals surface area contributed by atoms with Crippen molar-refractivity contribution < 1.29 is 23.8 Å². The maximum absolute atomic E-state index is 12.3. The van der Waals surface area contributed by atoms with E-state index in [-0.39, 0.29) is 29.5 Å². The van der Waals surface area contributed by atoms with Gasteiger partial charge in [0, 0.05) is 12.6 Å². The van der Waals surface area contributed by atoms with E-state index in [9.17, 15) is 9.59 Å². The van der Waals surface area contributed by atoms with Crippen molar-refractivity contribution in [2.45, 2.75) is 30.1 Å². The number of benzene rings is 1. The van der Waals surface area contributed by atoms with Gasteiger partial charge in [-0.15, -0.1) is 0 Å². The summed E-state index contributed by atoms with van der Waals surface area (Å²) < 4.78 is 16.1. The molecule has 0 aliphatic carbocycles. The van der Waals surface area contributed by atoms with Crippen LogP contribution in [0.3, 0.4) is 0 Å². The number of carbonyl (C=O) groups is 2. The van der Waals surface area contributed by atoms with Gasteiger partial charge in [-0.05, 0) is 18.9 Å². The molecule has 0 saturated carbocycles. The van der Waals surface area contributed by atoms with Crippen molar-refractivity contribution in [3.63, 3.8) is 0 Å². The van der Waals surface area contributed by atoms with Crippen molar-refractivity contribution in [3.8, 4) is 0 Å². The molecule has 1 aliphatic heterocycles. The molecule has 1 aromatic carbocycles. The maximum Gasteiger partial charge on any atom is 0.412 e. The van der Waals surface area contributed by atoms with Gasteiger partial charge in [0.15, 0.2) is 0 Å². The Labute approximate surface area is 161 Å². The highest BCUT2D eigenvalue weighted by Crippen LogP contribution is 2.26. The summed E-state index contributed by atoms with van der Waals surface area (Å²) in [6.07, 6.45) is 3.01. The first-order valence-corrected chi connectivity index (χ1v) is 9.42. The first-order chi connectivity index (χ1) is 12.1. The van der Waals surface area contributed by atoms with Gasteiger partial charge in [0.05, 0.1) is 17.1 Å². The van der Waals surface area contributed by atoms with E-state index in [0.717, 1.165) is 12.0 Å². The molecule has 1 amide bonds. The van der Waals surface area contributed by atoms with Gasteiger partial charge in [-0.2, -0.15) is 0 Å². The van der Waals surface area contributed by atoms with Crippen LogP contribution in [0.4, 0.5) is 4.79 Å². The third-order valence-electron chi connectivity index (χ3n) is 3.61. The molecule has 0 aromatic heterocycles. The number of hydrogen-bond donors (Lipinski definition) is 0. The van der Waals surface area contributed by atoms with Gasteiger partial charge in [0.1, 0.15) is 12.8 Å². The Hall–Kier alpha value is -1.61. The summed E-state index contributed by atoms with van der Waals surface area (Å²) in [7, 11) is 0. The van der Waals surface area contributed by atoms with Crippen LogP contribution in [0, 0.1) is 0 Å². The summed E-state index contributed by atoms with van der Waals surface area (Å²) in [4.78, 5) is 25.2. The molecule has 1 aliphatic rings. The number of rotatable bonds is 7. The largest absolute Gasteiger partial charge is 0.463 e. The van der Waals surface area contributed by atoms with Crippen molar-refractivity contribution in [3.05, 3.63) is 48.0 Å². The van der Waals surface area contributed by atoms with E-state index in [1.165, 1.54) is 6.08 Å². The van der Waals surface area contributed by atoms with Crippen LogP contribution < -0.4 is 0 Å².